The molecule has 26 heavy (non-hydrogen) atoms. The van der Waals surface area contributed by atoms with Gasteiger partial charge in [-0.3, -0.25) is 4.98 Å². The number of H-pyrrole nitrogens is 1. The minimum atomic E-state index is 0.134. The summed E-state index contributed by atoms with van der Waals surface area (Å²) in [6.45, 7) is 0. The van der Waals surface area contributed by atoms with Crippen LogP contribution in [0.5, 0.6) is 5.88 Å². The third-order valence-electron chi connectivity index (χ3n) is 4.65. The normalized spacial score (nSPS) is 11.2. The van der Waals surface area contributed by atoms with Crippen LogP contribution in [0.2, 0.25) is 0 Å². The molecule has 0 spiro atoms. The van der Waals surface area contributed by atoms with Gasteiger partial charge < -0.3 is 10.1 Å². The molecule has 0 radical (unpaired) electrons. The van der Waals surface area contributed by atoms with E-state index in [1.54, 1.807) is 12.4 Å². The number of nitrogens with one attached hydrogen (secondary N) is 1. The van der Waals surface area contributed by atoms with Crippen LogP contribution in [-0.2, 0) is 0 Å². The first-order valence-electron chi connectivity index (χ1n) is 8.41. The van der Waals surface area contributed by atoms with Crippen molar-refractivity contribution in [3.8, 4) is 28.3 Å². The van der Waals surface area contributed by atoms with E-state index in [0.29, 0.717) is 0 Å². The number of fused-ring (bicyclic) bond motifs is 2. The third-order valence-corrected chi connectivity index (χ3v) is 4.65. The molecule has 0 amide bonds. The van der Waals surface area contributed by atoms with E-state index < -0.39 is 0 Å². The molecule has 5 aromatic rings. The third kappa shape index (κ3) is 2.31. The monoisotopic (exact) mass is 337 g/mol. The fraction of sp³-hybridized carbons (Fsp3) is 0. The second-order valence-electron chi connectivity index (χ2n) is 6.23. The molecular formula is C22H15N3O. The van der Waals surface area contributed by atoms with Crippen molar-refractivity contribution in [2.45, 2.75) is 0 Å². The molecular weight excluding hydrogens is 322 g/mol. The lowest BCUT2D eigenvalue weighted by Crippen LogP contribution is -1.85. The van der Waals surface area contributed by atoms with E-state index >= 15 is 0 Å². The van der Waals surface area contributed by atoms with Gasteiger partial charge in [0.2, 0.25) is 0 Å². The number of aromatic hydroxyl groups is 1. The summed E-state index contributed by atoms with van der Waals surface area (Å²) in [7, 11) is 0. The molecule has 3 heterocycles. The fourth-order valence-corrected chi connectivity index (χ4v) is 3.37. The lowest BCUT2D eigenvalue weighted by Gasteiger charge is -2.05. The number of aromatic nitrogens is 3. The Morgan fingerprint density at radius 1 is 0.808 bits per heavy atom. The van der Waals surface area contributed by atoms with Crippen molar-refractivity contribution in [3.05, 3.63) is 79.1 Å². The summed E-state index contributed by atoms with van der Waals surface area (Å²) in [6.07, 6.45) is 3.56. The van der Waals surface area contributed by atoms with E-state index in [0.717, 1.165) is 44.2 Å². The summed E-state index contributed by atoms with van der Waals surface area (Å²) < 4.78 is 0. The fourth-order valence-electron chi connectivity index (χ4n) is 3.37. The van der Waals surface area contributed by atoms with Gasteiger partial charge >= 0.3 is 0 Å². The molecule has 2 N–H and O–H groups in total. The van der Waals surface area contributed by atoms with Crippen LogP contribution in [0.4, 0.5) is 0 Å². The van der Waals surface area contributed by atoms with Gasteiger partial charge in [-0.1, -0.05) is 30.3 Å². The van der Waals surface area contributed by atoms with E-state index in [1.807, 2.05) is 60.7 Å². The molecule has 0 bridgehead atoms. The van der Waals surface area contributed by atoms with Crippen LogP contribution < -0.4 is 0 Å². The number of hydrogen-bond donors (Lipinski definition) is 2. The molecule has 0 aliphatic carbocycles. The van der Waals surface area contributed by atoms with Crippen molar-refractivity contribution in [1.29, 1.82) is 0 Å². The van der Waals surface area contributed by atoms with E-state index in [4.69, 9.17) is 4.98 Å². The average Bonchev–Trinajstić information content (AvgIpc) is 3.03. The number of aromatic amines is 1. The smallest absolute Gasteiger partial charge is 0.199 e. The zero-order valence-corrected chi connectivity index (χ0v) is 13.8. The second-order valence-corrected chi connectivity index (χ2v) is 6.23. The van der Waals surface area contributed by atoms with Crippen molar-refractivity contribution in [3.63, 3.8) is 0 Å². The maximum absolute atomic E-state index is 10.5. The Kier molecular flexibility index (Phi) is 3.22. The largest absolute Gasteiger partial charge is 0.494 e. The number of para-hydroxylation sites is 1. The van der Waals surface area contributed by atoms with Gasteiger partial charge in [0, 0.05) is 28.7 Å². The zero-order chi connectivity index (χ0) is 17.5. The first-order chi connectivity index (χ1) is 12.8. The Hall–Kier alpha value is -3.66. The number of rotatable bonds is 2. The van der Waals surface area contributed by atoms with Gasteiger partial charge in [-0.25, -0.2) is 4.98 Å². The molecule has 0 fully saturated rings. The van der Waals surface area contributed by atoms with Gasteiger partial charge in [-0.2, -0.15) is 0 Å². The van der Waals surface area contributed by atoms with Gasteiger partial charge in [0.25, 0.3) is 0 Å². The second kappa shape index (κ2) is 5.70. The minimum absolute atomic E-state index is 0.134. The van der Waals surface area contributed by atoms with Crippen LogP contribution in [0, 0.1) is 0 Å². The molecule has 0 aliphatic heterocycles. The summed E-state index contributed by atoms with van der Waals surface area (Å²) in [6, 6.07) is 22.0. The predicted octanol–water partition coefficient (Wildman–Crippen LogP) is 5.15. The van der Waals surface area contributed by atoms with E-state index in [9.17, 15) is 5.11 Å². The van der Waals surface area contributed by atoms with Gasteiger partial charge in [-0.15, -0.1) is 0 Å². The SMILES string of the molecule is Oc1[nH]c2ccc(-c3ccncc3)cc2c1-c1ccc2ccccc2n1. The lowest BCUT2D eigenvalue weighted by atomic mass is 10.0. The number of nitrogens with zero attached hydrogens (tertiary/aromatic N) is 2. The molecule has 4 heteroatoms. The quantitative estimate of drug-likeness (QED) is 0.468. The van der Waals surface area contributed by atoms with Crippen molar-refractivity contribution >= 4 is 21.8 Å². The van der Waals surface area contributed by atoms with E-state index in [1.165, 1.54) is 0 Å². The molecule has 4 nitrogen and oxygen atoms in total. The van der Waals surface area contributed by atoms with E-state index in [-0.39, 0.29) is 5.88 Å². The first-order valence-corrected chi connectivity index (χ1v) is 8.41. The highest BCUT2D eigenvalue weighted by Gasteiger charge is 2.15. The Balaban J connectivity index is 1.74. The molecule has 0 saturated carbocycles. The van der Waals surface area contributed by atoms with Crippen LogP contribution >= 0.6 is 0 Å². The molecule has 0 atom stereocenters. The highest BCUT2D eigenvalue weighted by molar-refractivity contribution is 6.01. The van der Waals surface area contributed by atoms with Crippen molar-refractivity contribution in [2.75, 3.05) is 0 Å². The van der Waals surface area contributed by atoms with Crippen molar-refractivity contribution in [1.82, 2.24) is 15.0 Å². The van der Waals surface area contributed by atoms with E-state index in [2.05, 4.69) is 16.0 Å². The Labute approximate surface area is 149 Å². The summed E-state index contributed by atoms with van der Waals surface area (Å²) in [5.74, 6) is 0.134. The highest BCUT2D eigenvalue weighted by Crippen LogP contribution is 2.38. The van der Waals surface area contributed by atoms with Crippen molar-refractivity contribution < 1.29 is 5.11 Å². The van der Waals surface area contributed by atoms with Crippen LogP contribution in [0.1, 0.15) is 0 Å². The number of benzene rings is 2. The van der Waals surface area contributed by atoms with Gasteiger partial charge in [-0.05, 0) is 47.5 Å². The molecule has 124 valence electrons. The summed E-state index contributed by atoms with van der Waals surface area (Å²) in [4.78, 5) is 11.9. The van der Waals surface area contributed by atoms with Crippen LogP contribution in [0.3, 0.4) is 0 Å². The Morgan fingerprint density at radius 3 is 2.54 bits per heavy atom. The lowest BCUT2D eigenvalue weighted by molar-refractivity contribution is 0.460. The maximum Gasteiger partial charge on any atom is 0.199 e. The Bertz CT molecular complexity index is 1240. The number of hydrogen-bond acceptors (Lipinski definition) is 3. The molecule has 0 unspecified atom stereocenters. The zero-order valence-electron chi connectivity index (χ0n) is 13.8. The van der Waals surface area contributed by atoms with Crippen LogP contribution in [-0.4, -0.2) is 20.1 Å². The molecule has 0 aliphatic rings. The standard InChI is InChI=1S/C22H15N3O/c26-22-21(20-8-5-15-3-1-2-4-18(15)24-20)17-13-16(6-7-19(17)25-22)14-9-11-23-12-10-14/h1-13,25-26H. The topological polar surface area (TPSA) is 61.8 Å². The molecule has 0 saturated heterocycles. The highest BCUT2D eigenvalue weighted by atomic mass is 16.3. The summed E-state index contributed by atoms with van der Waals surface area (Å²) >= 11 is 0. The van der Waals surface area contributed by atoms with Gasteiger partial charge in [0.1, 0.15) is 0 Å². The van der Waals surface area contributed by atoms with Crippen LogP contribution in [0.25, 0.3) is 44.2 Å². The van der Waals surface area contributed by atoms with Gasteiger partial charge in [0.05, 0.1) is 16.8 Å². The first kappa shape index (κ1) is 14.7. The summed E-state index contributed by atoms with van der Waals surface area (Å²) in [5.41, 5.74) is 5.41. The molecule has 2 aromatic carbocycles. The summed E-state index contributed by atoms with van der Waals surface area (Å²) in [5, 5.41) is 12.5. The predicted molar refractivity (Wildman–Crippen MR) is 104 cm³/mol. The van der Waals surface area contributed by atoms with Crippen molar-refractivity contribution in [2.24, 2.45) is 0 Å². The van der Waals surface area contributed by atoms with Gasteiger partial charge in [0.15, 0.2) is 5.88 Å². The Morgan fingerprint density at radius 2 is 1.65 bits per heavy atom. The molecule has 5 rings (SSSR count). The number of pyridine rings is 2. The maximum atomic E-state index is 10.5. The van der Waals surface area contributed by atoms with Crippen LogP contribution in [0.15, 0.2) is 79.1 Å². The average molecular weight is 337 g/mol. The minimum Gasteiger partial charge on any atom is -0.494 e. The molecule has 3 aromatic heterocycles.